The second-order valence-corrected chi connectivity index (χ2v) is 6.98. The number of ether oxygens (including phenoxy) is 1. The molecule has 1 unspecified atom stereocenters. The van der Waals surface area contributed by atoms with Crippen LogP contribution in [0.1, 0.15) is 42.1 Å². The predicted octanol–water partition coefficient (Wildman–Crippen LogP) is 4.24. The zero-order valence-corrected chi connectivity index (χ0v) is 17.0. The number of rotatable bonds is 8. The van der Waals surface area contributed by atoms with Crippen molar-refractivity contribution in [2.75, 3.05) is 18.5 Å². The number of benzene rings is 2. The number of anilines is 1. The zero-order chi connectivity index (χ0) is 22.2. The minimum atomic E-state index is -1.17. The van der Waals surface area contributed by atoms with Gasteiger partial charge in [-0.1, -0.05) is 36.7 Å². The summed E-state index contributed by atoms with van der Waals surface area (Å²) in [5.74, 6) is -3.28. The van der Waals surface area contributed by atoms with Crippen molar-refractivity contribution in [1.29, 1.82) is 0 Å². The van der Waals surface area contributed by atoms with Crippen LogP contribution in [0.15, 0.2) is 47.6 Å². The van der Waals surface area contributed by atoms with E-state index in [1.807, 2.05) is 5.32 Å². The fraction of sp³-hybridized carbons (Fsp3) is 0.318. The highest BCUT2D eigenvalue weighted by Gasteiger charge is 2.23. The molecule has 164 valence electrons. The van der Waals surface area contributed by atoms with Crippen LogP contribution >= 0.6 is 0 Å². The van der Waals surface area contributed by atoms with E-state index in [0.717, 1.165) is 42.3 Å². The third-order valence-electron chi connectivity index (χ3n) is 4.57. The van der Waals surface area contributed by atoms with Gasteiger partial charge in [0.2, 0.25) is 0 Å². The van der Waals surface area contributed by atoms with Crippen LogP contribution in [0.3, 0.4) is 0 Å². The van der Waals surface area contributed by atoms with Gasteiger partial charge in [-0.25, -0.2) is 13.6 Å². The first-order chi connectivity index (χ1) is 15.0. The van der Waals surface area contributed by atoms with Crippen LogP contribution in [0.2, 0.25) is 0 Å². The molecule has 7 nitrogen and oxygen atoms in total. The van der Waals surface area contributed by atoms with E-state index in [1.165, 1.54) is 0 Å². The van der Waals surface area contributed by atoms with Crippen LogP contribution in [0.25, 0.3) is 0 Å². The summed E-state index contributed by atoms with van der Waals surface area (Å²) < 4.78 is 32.8. The number of imide groups is 1. The second-order valence-electron chi connectivity index (χ2n) is 6.98. The Labute approximate surface area is 178 Å². The van der Waals surface area contributed by atoms with Crippen molar-refractivity contribution in [3.63, 3.8) is 0 Å². The number of unbranched alkanes of at least 4 members (excludes halogenated alkanes) is 1. The first kappa shape index (κ1) is 22.4. The van der Waals surface area contributed by atoms with E-state index >= 15 is 0 Å². The van der Waals surface area contributed by atoms with Gasteiger partial charge in [-0.15, -0.1) is 0 Å². The van der Waals surface area contributed by atoms with Crippen LogP contribution in [0.4, 0.5) is 19.3 Å². The Morgan fingerprint density at radius 3 is 2.55 bits per heavy atom. The largest absolute Gasteiger partial charge is 0.389 e. The SMILES string of the molecule is CCCCOCC1CC(c2ccc(NC(=O)NC(=O)c3c(F)cccc3F)cc2)=NO1. The molecule has 1 atom stereocenters. The molecule has 0 spiro atoms. The number of nitrogens with zero attached hydrogens (tertiary/aromatic N) is 1. The molecule has 0 aromatic heterocycles. The number of carbonyl (C=O) groups excluding carboxylic acids is 2. The average molecular weight is 431 g/mol. The molecule has 1 aliphatic rings. The lowest BCUT2D eigenvalue weighted by Crippen LogP contribution is -2.35. The van der Waals surface area contributed by atoms with Crippen LogP contribution in [-0.2, 0) is 9.57 Å². The monoisotopic (exact) mass is 431 g/mol. The summed E-state index contributed by atoms with van der Waals surface area (Å²) in [6.45, 7) is 3.27. The molecule has 2 aromatic rings. The Hall–Kier alpha value is -3.33. The van der Waals surface area contributed by atoms with Crippen LogP contribution in [0.5, 0.6) is 0 Å². The van der Waals surface area contributed by atoms with Crippen LogP contribution in [0, 0.1) is 11.6 Å². The lowest BCUT2D eigenvalue weighted by Gasteiger charge is -2.09. The third-order valence-corrected chi connectivity index (χ3v) is 4.57. The standard InChI is InChI=1S/C22H23F2N3O4/c1-2-3-11-30-13-16-12-19(27-31-16)14-7-9-15(10-8-14)25-22(29)26-21(28)20-17(23)5-4-6-18(20)24/h4-10,16H,2-3,11-13H2,1H3,(H2,25,26,28,29). The van der Waals surface area contributed by atoms with Crippen molar-refractivity contribution in [3.8, 4) is 0 Å². The highest BCUT2D eigenvalue weighted by molar-refractivity contribution is 6.08. The van der Waals surface area contributed by atoms with Gasteiger partial charge in [0, 0.05) is 18.7 Å². The number of hydrogen-bond donors (Lipinski definition) is 2. The minimum absolute atomic E-state index is 0.125. The molecule has 0 saturated heterocycles. The van der Waals surface area contributed by atoms with E-state index in [1.54, 1.807) is 24.3 Å². The molecule has 0 fully saturated rings. The summed E-state index contributed by atoms with van der Waals surface area (Å²) in [4.78, 5) is 29.4. The number of carbonyl (C=O) groups is 2. The highest BCUT2D eigenvalue weighted by atomic mass is 19.1. The molecule has 3 rings (SSSR count). The maximum Gasteiger partial charge on any atom is 0.326 e. The maximum absolute atomic E-state index is 13.6. The van der Waals surface area contributed by atoms with Crippen molar-refractivity contribution in [1.82, 2.24) is 5.32 Å². The molecule has 3 amide bonds. The van der Waals surface area contributed by atoms with E-state index in [4.69, 9.17) is 9.57 Å². The molecule has 0 bridgehead atoms. The van der Waals surface area contributed by atoms with E-state index in [-0.39, 0.29) is 6.10 Å². The molecule has 2 aromatic carbocycles. The van der Waals surface area contributed by atoms with Crippen LogP contribution < -0.4 is 10.6 Å². The Balaban J connectivity index is 1.50. The zero-order valence-electron chi connectivity index (χ0n) is 17.0. The average Bonchev–Trinajstić information content (AvgIpc) is 3.20. The number of urea groups is 1. The maximum atomic E-state index is 13.6. The Morgan fingerprint density at radius 2 is 1.87 bits per heavy atom. The molecule has 1 aliphatic heterocycles. The summed E-state index contributed by atoms with van der Waals surface area (Å²) in [5.41, 5.74) is 1.17. The number of nitrogens with one attached hydrogen (secondary N) is 2. The van der Waals surface area contributed by atoms with E-state index in [9.17, 15) is 18.4 Å². The van der Waals surface area contributed by atoms with Crippen LogP contribution in [-0.4, -0.2) is 37.0 Å². The molecular weight excluding hydrogens is 408 g/mol. The summed E-state index contributed by atoms with van der Waals surface area (Å²) in [6, 6.07) is 8.83. The van der Waals surface area contributed by atoms with Crippen molar-refractivity contribution < 1.29 is 27.9 Å². The molecule has 31 heavy (non-hydrogen) atoms. The number of hydrogen-bond acceptors (Lipinski definition) is 5. The topological polar surface area (TPSA) is 89.0 Å². The number of halogens is 2. The first-order valence-corrected chi connectivity index (χ1v) is 9.95. The Bertz CT molecular complexity index is 943. The molecule has 1 heterocycles. The van der Waals surface area contributed by atoms with Gasteiger partial charge in [0.05, 0.1) is 12.3 Å². The Kier molecular flexibility index (Phi) is 7.66. The lowest BCUT2D eigenvalue weighted by atomic mass is 10.0. The normalized spacial score (nSPS) is 15.2. The second kappa shape index (κ2) is 10.6. The molecular formula is C22H23F2N3O4. The molecule has 0 saturated carbocycles. The molecule has 2 N–H and O–H groups in total. The number of oxime groups is 1. The smallest absolute Gasteiger partial charge is 0.326 e. The van der Waals surface area contributed by atoms with E-state index in [0.29, 0.717) is 25.3 Å². The van der Waals surface area contributed by atoms with Gasteiger partial charge < -0.3 is 14.9 Å². The fourth-order valence-corrected chi connectivity index (χ4v) is 2.94. The summed E-state index contributed by atoms with van der Waals surface area (Å²) in [7, 11) is 0. The van der Waals surface area contributed by atoms with Crippen molar-refractivity contribution >= 4 is 23.3 Å². The fourth-order valence-electron chi connectivity index (χ4n) is 2.94. The molecule has 0 radical (unpaired) electrons. The molecule has 0 aliphatic carbocycles. The highest BCUT2D eigenvalue weighted by Crippen LogP contribution is 2.19. The van der Waals surface area contributed by atoms with Gasteiger partial charge in [0.15, 0.2) is 6.10 Å². The quantitative estimate of drug-likeness (QED) is 0.612. The number of amides is 3. The summed E-state index contributed by atoms with van der Waals surface area (Å²) >= 11 is 0. The van der Waals surface area contributed by atoms with Gasteiger partial charge in [0.1, 0.15) is 17.2 Å². The predicted molar refractivity (Wildman–Crippen MR) is 111 cm³/mol. The Morgan fingerprint density at radius 1 is 1.16 bits per heavy atom. The summed E-state index contributed by atoms with van der Waals surface area (Å²) in [5, 5.41) is 8.43. The minimum Gasteiger partial charge on any atom is -0.389 e. The van der Waals surface area contributed by atoms with Gasteiger partial charge in [-0.05, 0) is 36.2 Å². The van der Waals surface area contributed by atoms with Gasteiger partial charge in [-0.2, -0.15) is 0 Å². The lowest BCUT2D eigenvalue weighted by molar-refractivity contribution is 0.00223. The van der Waals surface area contributed by atoms with Gasteiger partial charge in [-0.3, -0.25) is 10.1 Å². The summed E-state index contributed by atoms with van der Waals surface area (Å²) in [6.07, 6.45) is 2.56. The van der Waals surface area contributed by atoms with Crippen molar-refractivity contribution in [2.45, 2.75) is 32.3 Å². The van der Waals surface area contributed by atoms with E-state index < -0.39 is 29.1 Å². The van der Waals surface area contributed by atoms with Crippen molar-refractivity contribution in [3.05, 3.63) is 65.2 Å². The van der Waals surface area contributed by atoms with E-state index in [2.05, 4.69) is 17.4 Å². The van der Waals surface area contributed by atoms with Crippen molar-refractivity contribution in [2.24, 2.45) is 5.16 Å². The van der Waals surface area contributed by atoms with Gasteiger partial charge in [0.25, 0.3) is 5.91 Å². The first-order valence-electron chi connectivity index (χ1n) is 9.95. The molecule has 9 heteroatoms. The third kappa shape index (κ3) is 6.08. The van der Waals surface area contributed by atoms with Gasteiger partial charge >= 0.3 is 6.03 Å².